The molecule has 0 aliphatic carbocycles. The molecule has 0 radical (unpaired) electrons. The molecule has 0 spiro atoms. The molecular formula is C13H19NO3S. The van der Waals surface area contributed by atoms with Crippen LogP contribution < -0.4 is 14.8 Å². The molecular weight excluding hydrogens is 250 g/mol. The van der Waals surface area contributed by atoms with Crippen LogP contribution in [0.5, 0.6) is 11.5 Å². The Kier molecular flexibility index (Phi) is 4.60. The van der Waals surface area contributed by atoms with Gasteiger partial charge in [0.25, 0.3) is 0 Å². The fraction of sp³-hybridized carbons (Fsp3) is 0.538. The van der Waals surface area contributed by atoms with Crippen molar-refractivity contribution in [3.63, 3.8) is 0 Å². The predicted octanol–water partition coefficient (Wildman–Crippen LogP) is 1.49. The Balaban J connectivity index is 2.21. The maximum atomic E-state index is 11.4. The van der Waals surface area contributed by atoms with Gasteiger partial charge in [0, 0.05) is 28.9 Å². The van der Waals surface area contributed by atoms with Crippen molar-refractivity contribution in [2.24, 2.45) is 0 Å². The summed E-state index contributed by atoms with van der Waals surface area (Å²) in [6, 6.07) is 6.01. The van der Waals surface area contributed by atoms with Crippen molar-refractivity contribution >= 4 is 10.8 Å². The van der Waals surface area contributed by atoms with E-state index in [1.165, 1.54) is 0 Å². The quantitative estimate of drug-likeness (QED) is 0.880. The Morgan fingerprint density at radius 3 is 2.72 bits per heavy atom. The smallest absolute Gasteiger partial charge is 0.161 e. The highest BCUT2D eigenvalue weighted by molar-refractivity contribution is 7.84. The van der Waals surface area contributed by atoms with E-state index in [-0.39, 0.29) is 6.04 Å². The lowest BCUT2D eigenvalue weighted by Gasteiger charge is -2.22. The van der Waals surface area contributed by atoms with Crippen molar-refractivity contribution < 1.29 is 13.7 Å². The second-order valence-electron chi connectivity index (χ2n) is 4.25. The zero-order valence-electron chi connectivity index (χ0n) is 10.8. The van der Waals surface area contributed by atoms with Crippen LogP contribution in [0.25, 0.3) is 0 Å². The lowest BCUT2D eigenvalue weighted by molar-refractivity contribution is 0.171. The summed E-state index contributed by atoms with van der Waals surface area (Å²) in [5, 5.41) is 3.35. The SMILES string of the molecule is CCNC(CS(C)=O)c1ccc2c(c1)OCCO2. The van der Waals surface area contributed by atoms with Crippen molar-refractivity contribution in [2.45, 2.75) is 13.0 Å². The van der Waals surface area contributed by atoms with Gasteiger partial charge in [-0.05, 0) is 24.2 Å². The summed E-state index contributed by atoms with van der Waals surface area (Å²) < 4.78 is 22.5. The molecule has 0 aromatic heterocycles. The molecule has 0 fully saturated rings. The van der Waals surface area contributed by atoms with E-state index < -0.39 is 10.8 Å². The standard InChI is InChI=1S/C13H19NO3S/c1-3-14-11(9-18(2)15)10-4-5-12-13(8-10)17-7-6-16-12/h4-5,8,11,14H,3,6-7,9H2,1-2H3. The molecule has 1 aliphatic heterocycles. The van der Waals surface area contributed by atoms with E-state index in [2.05, 4.69) is 5.32 Å². The zero-order valence-corrected chi connectivity index (χ0v) is 11.6. The molecule has 2 unspecified atom stereocenters. The molecule has 0 bridgehead atoms. The molecule has 2 rings (SSSR count). The van der Waals surface area contributed by atoms with Crippen LogP contribution in [0, 0.1) is 0 Å². The van der Waals surface area contributed by atoms with E-state index in [1.807, 2.05) is 25.1 Å². The molecule has 2 atom stereocenters. The minimum atomic E-state index is -0.834. The maximum Gasteiger partial charge on any atom is 0.161 e. The van der Waals surface area contributed by atoms with Gasteiger partial charge in [-0.2, -0.15) is 0 Å². The Labute approximate surface area is 110 Å². The van der Waals surface area contributed by atoms with Gasteiger partial charge in [0.05, 0.1) is 0 Å². The first-order valence-electron chi connectivity index (χ1n) is 6.13. The average Bonchev–Trinajstić information content (AvgIpc) is 2.37. The van der Waals surface area contributed by atoms with Crippen LogP contribution in [0.2, 0.25) is 0 Å². The van der Waals surface area contributed by atoms with Crippen LogP contribution in [-0.4, -0.2) is 36.0 Å². The minimum absolute atomic E-state index is 0.0941. The van der Waals surface area contributed by atoms with Crippen molar-refractivity contribution in [2.75, 3.05) is 31.8 Å². The summed E-state index contributed by atoms with van der Waals surface area (Å²) in [4.78, 5) is 0. The first kappa shape index (κ1) is 13.4. The van der Waals surface area contributed by atoms with Gasteiger partial charge in [-0.1, -0.05) is 13.0 Å². The van der Waals surface area contributed by atoms with Gasteiger partial charge in [0.1, 0.15) is 13.2 Å². The van der Waals surface area contributed by atoms with Crippen LogP contribution in [0.3, 0.4) is 0 Å². The van der Waals surface area contributed by atoms with Crippen molar-refractivity contribution in [1.29, 1.82) is 0 Å². The second-order valence-corrected chi connectivity index (χ2v) is 5.73. The van der Waals surface area contributed by atoms with Crippen LogP contribution in [-0.2, 0) is 10.8 Å². The van der Waals surface area contributed by atoms with E-state index in [0.29, 0.717) is 19.0 Å². The fourth-order valence-corrected chi connectivity index (χ4v) is 2.81. The number of benzene rings is 1. The summed E-state index contributed by atoms with van der Waals surface area (Å²) in [6.07, 6.45) is 1.72. The molecule has 4 nitrogen and oxygen atoms in total. The van der Waals surface area contributed by atoms with Crippen molar-refractivity contribution in [3.05, 3.63) is 23.8 Å². The molecule has 1 aromatic rings. The third-order valence-electron chi connectivity index (χ3n) is 2.82. The highest BCUT2D eigenvalue weighted by Crippen LogP contribution is 2.32. The van der Waals surface area contributed by atoms with E-state index in [0.717, 1.165) is 23.6 Å². The van der Waals surface area contributed by atoms with E-state index >= 15 is 0 Å². The molecule has 0 saturated carbocycles. The largest absolute Gasteiger partial charge is 0.486 e. The Morgan fingerprint density at radius 1 is 1.33 bits per heavy atom. The number of ether oxygens (including phenoxy) is 2. The number of hydrogen-bond acceptors (Lipinski definition) is 4. The lowest BCUT2D eigenvalue weighted by atomic mass is 10.1. The van der Waals surface area contributed by atoms with E-state index in [9.17, 15) is 4.21 Å². The molecule has 0 amide bonds. The molecule has 1 N–H and O–H groups in total. The number of rotatable bonds is 5. The molecule has 18 heavy (non-hydrogen) atoms. The van der Waals surface area contributed by atoms with E-state index in [4.69, 9.17) is 9.47 Å². The van der Waals surface area contributed by atoms with Gasteiger partial charge in [0.15, 0.2) is 11.5 Å². The zero-order chi connectivity index (χ0) is 13.0. The third kappa shape index (κ3) is 3.23. The molecule has 5 heteroatoms. The molecule has 1 heterocycles. The molecule has 100 valence electrons. The van der Waals surface area contributed by atoms with Gasteiger partial charge in [-0.15, -0.1) is 0 Å². The van der Waals surface area contributed by atoms with Gasteiger partial charge in [0.2, 0.25) is 0 Å². The van der Waals surface area contributed by atoms with Crippen LogP contribution in [0.15, 0.2) is 18.2 Å². The predicted molar refractivity (Wildman–Crippen MR) is 72.8 cm³/mol. The lowest BCUT2D eigenvalue weighted by Crippen LogP contribution is -2.26. The van der Waals surface area contributed by atoms with Gasteiger partial charge >= 0.3 is 0 Å². The Bertz CT molecular complexity index is 436. The summed E-state index contributed by atoms with van der Waals surface area (Å²) >= 11 is 0. The monoisotopic (exact) mass is 269 g/mol. The third-order valence-corrected chi connectivity index (χ3v) is 3.62. The first-order valence-corrected chi connectivity index (χ1v) is 7.86. The molecule has 1 aromatic carbocycles. The maximum absolute atomic E-state index is 11.4. The topological polar surface area (TPSA) is 47.6 Å². The number of nitrogens with one attached hydrogen (secondary N) is 1. The number of fused-ring (bicyclic) bond motifs is 1. The summed E-state index contributed by atoms with van der Waals surface area (Å²) in [6.45, 7) is 4.07. The summed E-state index contributed by atoms with van der Waals surface area (Å²) in [7, 11) is -0.834. The normalized spacial score (nSPS) is 17.2. The highest BCUT2D eigenvalue weighted by atomic mass is 32.2. The highest BCUT2D eigenvalue weighted by Gasteiger charge is 2.17. The fourth-order valence-electron chi connectivity index (χ4n) is 2.03. The van der Waals surface area contributed by atoms with Crippen molar-refractivity contribution in [1.82, 2.24) is 5.32 Å². The molecule has 1 aliphatic rings. The summed E-state index contributed by atoms with van der Waals surface area (Å²) in [5.41, 5.74) is 1.09. The van der Waals surface area contributed by atoms with Gasteiger partial charge < -0.3 is 14.8 Å². The second kappa shape index (κ2) is 6.20. The van der Waals surface area contributed by atoms with Gasteiger partial charge in [-0.25, -0.2) is 0 Å². The average molecular weight is 269 g/mol. The summed E-state index contributed by atoms with van der Waals surface area (Å²) in [5.74, 6) is 2.18. The Hall–Kier alpha value is -1.07. The van der Waals surface area contributed by atoms with Gasteiger partial charge in [-0.3, -0.25) is 4.21 Å². The van der Waals surface area contributed by atoms with Crippen molar-refractivity contribution in [3.8, 4) is 11.5 Å². The Morgan fingerprint density at radius 2 is 2.06 bits per heavy atom. The molecule has 0 saturated heterocycles. The van der Waals surface area contributed by atoms with Crippen LogP contribution in [0.1, 0.15) is 18.5 Å². The van der Waals surface area contributed by atoms with Crippen LogP contribution >= 0.6 is 0 Å². The van der Waals surface area contributed by atoms with E-state index in [1.54, 1.807) is 6.26 Å². The minimum Gasteiger partial charge on any atom is -0.486 e. The number of hydrogen-bond donors (Lipinski definition) is 1. The van der Waals surface area contributed by atoms with Crippen LogP contribution in [0.4, 0.5) is 0 Å². The first-order chi connectivity index (χ1) is 8.70.